The molecule has 5 nitrogen and oxygen atoms in total. The average Bonchev–Trinajstić information content (AvgIpc) is 3.09. The van der Waals surface area contributed by atoms with Gasteiger partial charge in [0.1, 0.15) is 23.8 Å². The number of nitrogens with zero attached hydrogens (tertiary/aromatic N) is 2. The van der Waals surface area contributed by atoms with Crippen LogP contribution >= 0.6 is 0 Å². The van der Waals surface area contributed by atoms with E-state index < -0.39 is 0 Å². The summed E-state index contributed by atoms with van der Waals surface area (Å²) in [5.41, 5.74) is 1.94. The molecule has 0 unspecified atom stereocenters. The molecule has 0 saturated heterocycles. The molecule has 2 heterocycles. The van der Waals surface area contributed by atoms with Crippen LogP contribution in [0.5, 0.6) is 5.75 Å². The number of aryl methyl sites for hydroxylation is 2. The second-order valence-electron chi connectivity index (χ2n) is 5.44. The molecular formula is C15H21N3O2. The van der Waals surface area contributed by atoms with Gasteiger partial charge < -0.3 is 14.5 Å². The molecule has 1 saturated carbocycles. The Kier molecular flexibility index (Phi) is 3.53. The lowest BCUT2D eigenvalue weighted by atomic mass is 10.3. The minimum absolute atomic E-state index is 0.441. The quantitative estimate of drug-likeness (QED) is 0.880. The van der Waals surface area contributed by atoms with Gasteiger partial charge in [0, 0.05) is 13.1 Å². The van der Waals surface area contributed by atoms with Gasteiger partial charge >= 0.3 is 0 Å². The van der Waals surface area contributed by atoms with Crippen molar-refractivity contribution in [3.8, 4) is 5.75 Å². The van der Waals surface area contributed by atoms with Gasteiger partial charge in [0.25, 0.3) is 0 Å². The number of ether oxygens (including phenoxy) is 1. The molecule has 0 radical (unpaired) electrons. The predicted molar refractivity (Wildman–Crippen MR) is 75.6 cm³/mol. The maximum Gasteiger partial charge on any atom is 0.163 e. The number of rotatable bonds is 6. The van der Waals surface area contributed by atoms with Gasteiger partial charge in [0.2, 0.25) is 0 Å². The fourth-order valence-electron chi connectivity index (χ4n) is 2.23. The fraction of sp³-hybridized carbons (Fsp3) is 0.533. The Hall–Kier alpha value is -1.75. The fourth-order valence-corrected chi connectivity index (χ4v) is 2.23. The summed E-state index contributed by atoms with van der Waals surface area (Å²) in [6.07, 6.45) is 2.58. The van der Waals surface area contributed by atoms with Crippen LogP contribution in [0.15, 0.2) is 16.5 Å². The van der Waals surface area contributed by atoms with Gasteiger partial charge in [-0.05, 0) is 38.8 Å². The van der Waals surface area contributed by atoms with Gasteiger partial charge in [-0.15, -0.1) is 0 Å². The van der Waals surface area contributed by atoms with E-state index in [1.807, 2.05) is 37.7 Å². The molecular weight excluding hydrogens is 254 g/mol. The van der Waals surface area contributed by atoms with Gasteiger partial charge in [-0.3, -0.25) is 4.68 Å². The predicted octanol–water partition coefficient (Wildman–Crippen LogP) is 2.46. The smallest absolute Gasteiger partial charge is 0.163 e. The highest BCUT2D eigenvalue weighted by molar-refractivity contribution is 5.31. The van der Waals surface area contributed by atoms with Crippen LogP contribution in [0.4, 0.5) is 0 Å². The highest BCUT2D eigenvalue weighted by atomic mass is 16.5. The second kappa shape index (κ2) is 5.32. The normalized spacial score (nSPS) is 14.8. The minimum atomic E-state index is 0.441. The molecule has 0 bridgehead atoms. The van der Waals surface area contributed by atoms with E-state index >= 15 is 0 Å². The summed E-state index contributed by atoms with van der Waals surface area (Å²) >= 11 is 0. The molecule has 0 spiro atoms. The van der Waals surface area contributed by atoms with Gasteiger partial charge in [-0.2, -0.15) is 5.10 Å². The summed E-state index contributed by atoms with van der Waals surface area (Å²) in [6.45, 7) is 5.20. The van der Waals surface area contributed by atoms with E-state index in [0.29, 0.717) is 12.6 Å². The van der Waals surface area contributed by atoms with E-state index in [4.69, 9.17) is 9.15 Å². The van der Waals surface area contributed by atoms with Crippen molar-refractivity contribution in [2.24, 2.45) is 7.05 Å². The lowest BCUT2D eigenvalue weighted by Gasteiger charge is -2.04. The van der Waals surface area contributed by atoms with Gasteiger partial charge in [0.15, 0.2) is 5.75 Å². The summed E-state index contributed by atoms with van der Waals surface area (Å²) in [6, 6.07) is 4.68. The Morgan fingerprint density at radius 1 is 1.35 bits per heavy atom. The number of hydrogen-bond acceptors (Lipinski definition) is 4. The van der Waals surface area contributed by atoms with Crippen LogP contribution in [0.3, 0.4) is 0 Å². The Morgan fingerprint density at radius 3 is 2.75 bits per heavy atom. The number of aromatic nitrogens is 2. The molecule has 3 rings (SSSR count). The van der Waals surface area contributed by atoms with Gasteiger partial charge in [0.05, 0.1) is 12.2 Å². The van der Waals surface area contributed by atoms with E-state index in [0.717, 1.165) is 35.2 Å². The number of furan rings is 1. The van der Waals surface area contributed by atoms with Crippen LogP contribution < -0.4 is 10.1 Å². The first kappa shape index (κ1) is 13.2. The molecule has 5 heteroatoms. The lowest BCUT2D eigenvalue weighted by Crippen LogP contribution is -2.14. The maximum absolute atomic E-state index is 5.83. The summed E-state index contributed by atoms with van der Waals surface area (Å²) in [7, 11) is 1.92. The first-order valence-electron chi connectivity index (χ1n) is 7.07. The first-order chi connectivity index (χ1) is 9.63. The Bertz CT molecular complexity index is 596. The van der Waals surface area contributed by atoms with Gasteiger partial charge in [-0.1, -0.05) is 0 Å². The highest BCUT2D eigenvalue weighted by Crippen LogP contribution is 2.23. The molecule has 1 N–H and O–H groups in total. The van der Waals surface area contributed by atoms with Crippen molar-refractivity contribution < 1.29 is 9.15 Å². The largest absolute Gasteiger partial charge is 0.482 e. The van der Waals surface area contributed by atoms with Crippen molar-refractivity contribution in [3.05, 3.63) is 35.0 Å². The Morgan fingerprint density at radius 2 is 2.10 bits per heavy atom. The molecule has 2 aromatic heterocycles. The van der Waals surface area contributed by atoms with Crippen LogP contribution in [0, 0.1) is 13.8 Å². The molecule has 0 aliphatic heterocycles. The zero-order valence-corrected chi connectivity index (χ0v) is 12.3. The monoisotopic (exact) mass is 275 g/mol. The Balaban J connectivity index is 1.57. The zero-order valence-electron chi connectivity index (χ0n) is 12.3. The number of nitrogens with one attached hydrogen (secondary N) is 1. The third kappa shape index (κ3) is 2.88. The van der Waals surface area contributed by atoms with E-state index in [1.165, 1.54) is 12.8 Å². The molecule has 1 aliphatic rings. The zero-order chi connectivity index (χ0) is 14.1. The van der Waals surface area contributed by atoms with E-state index in [-0.39, 0.29) is 0 Å². The number of hydrogen-bond donors (Lipinski definition) is 1. The van der Waals surface area contributed by atoms with Crippen LogP contribution in [0.25, 0.3) is 0 Å². The van der Waals surface area contributed by atoms with Crippen LogP contribution in [-0.2, 0) is 20.2 Å². The topological polar surface area (TPSA) is 52.2 Å². The SMILES string of the molecule is Cc1nn(C)c(C)c1OCc1ccc(CNC2CC2)o1. The van der Waals surface area contributed by atoms with Crippen molar-refractivity contribution in [2.75, 3.05) is 0 Å². The average molecular weight is 275 g/mol. The van der Waals surface area contributed by atoms with Crippen LogP contribution in [0.1, 0.15) is 35.7 Å². The molecule has 1 aliphatic carbocycles. The second-order valence-corrected chi connectivity index (χ2v) is 5.44. The summed E-state index contributed by atoms with van der Waals surface area (Å²) in [5.74, 6) is 2.66. The minimum Gasteiger partial charge on any atom is -0.482 e. The molecule has 2 aromatic rings. The highest BCUT2D eigenvalue weighted by Gasteiger charge is 2.20. The molecule has 0 amide bonds. The maximum atomic E-state index is 5.83. The standard InChI is InChI=1S/C15H21N3O2/c1-10-15(11(2)18(3)17-10)19-9-14-7-6-13(20-14)8-16-12-4-5-12/h6-7,12,16H,4-5,8-9H2,1-3H3. The lowest BCUT2D eigenvalue weighted by molar-refractivity contribution is 0.261. The van der Waals surface area contributed by atoms with Crippen LogP contribution in [0.2, 0.25) is 0 Å². The van der Waals surface area contributed by atoms with Crippen molar-refractivity contribution in [3.63, 3.8) is 0 Å². The molecule has 0 atom stereocenters. The summed E-state index contributed by atoms with van der Waals surface area (Å²) < 4.78 is 13.4. The Labute approximate surface area is 118 Å². The molecule has 20 heavy (non-hydrogen) atoms. The van der Waals surface area contributed by atoms with Crippen molar-refractivity contribution in [1.29, 1.82) is 0 Å². The summed E-state index contributed by atoms with van der Waals surface area (Å²) in [5, 5.41) is 7.77. The van der Waals surface area contributed by atoms with E-state index in [9.17, 15) is 0 Å². The van der Waals surface area contributed by atoms with Crippen LogP contribution in [-0.4, -0.2) is 15.8 Å². The van der Waals surface area contributed by atoms with E-state index in [2.05, 4.69) is 10.4 Å². The first-order valence-corrected chi connectivity index (χ1v) is 7.07. The van der Waals surface area contributed by atoms with Gasteiger partial charge in [-0.25, -0.2) is 0 Å². The molecule has 1 fully saturated rings. The third-order valence-electron chi connectivity index (χ3n) is 3.66. The molecule has 108 valence electrons. The van der Waals surface area contributed by atoms with Crippen molar-refractivity contribution >= 4 is 0 Å². The molecule has 0 aromatic carbocycles. The van der Waals surface area contributed by atoms with E-state index in [1.54, 1.807) is 0 Å². The van der Waals surface area contributed by atoms with Crippen molar-refractivity contribution in [1.82, 2.24) is 15.1 Å². The summed E-state index contributed by atoms with van der Waals surface area (Å²) in [4.78, 5) is 0. The van der Waals surface area contributed by atoms with Crippen molar-refractivity contribution in [2.45, 2.75) is 45.9 Å². The third-order valence-corrected chi connectivity index (χ3v) is 3.66.